The molecule has 3 aromatic heterocycles. The number of nitrogens with zero attached hydrogens (tertiary/aromatic N) is 3. The van der Waals surface area contributed by atoms with Gasteiger partial charge in [0.05, 0.1) is 0 Å². The molecule has 3 aromatic rings. The molecular formula is C13H12N4OS. The summed E-state index contributed by atoms with van der Waals surface area (Å²) in [5.41, 5.74) is 2.19. The summed E-state index contributed by atoms with van der Waals surface area (Å²) in [7, 11) is 0. The molecule has 3 heterocycles. The van der Waals surface area contributed by atoms with E-state index in [9.17, 15) is 4.79 Å². The van der Waals surface area contributed by atoms with Gasteiger partial charge in [-0.3, -0.25) is 10.1 Å². The molecule has 5 nitrogen and oxygen atoms in total. The molecule has 96 valence electrons. The SMILES string of the molecule is Cc1cnc(NC(=O)c2cn3c(C)cccc3n2)s1. The van der Waals surface area contributed by atoms with E-state index < -0.39 is 0 Å². The topological polar surface area (TPSA) is 59.3 Å². The average Bonchev–Trinajstić information content (AvgIpc) is 2.96. The van der Waals surface area contributed by atoms with Crippen LogP contribution >= 0.6 is 11.3 Å². The first-order valence-electron chi connectivity index (χ1n) is 5.82. The van der Waals surface area contributed by atoms with Gasteiger partial charge in [-0.05, 0) is 26.0 Å². The van der Waals surface area contributed by atoms with Crippen LogP contribution < -0.4 is 5.32 Å². The average molecular weight is 272 g/mol. The van der Waals surface area contributed by atoms with Gasteiger partial charge in [-0.1, -0.05) is 6.07 Å². The van der Waals surface area contributed by atoms with Gasteiger partial charge in [-0.15, -0.1) is 11.3 Å². The molecule has 0 spiro atoms. The van der Waals surface area contributed by atoms with Crippen molar-refractivity contribution in [3.63, 3.8) is 0 Å². The largest absolute Gasteiger partial charge is 0.304 e. The first kappa shape index (κ1) is 11.9. The Balaban J connectivity index is 1.91. The predicted molar refractivity (Wildman–Crippen MR) is 74.7 cm³/mol. The van der Waals surface area contributed by atoms with E-state index in [1.165, 1.54) is 11.3 Å². The predicted octanol–water partition coefficient (Wildman–Crippen LogP) is 2.66. The van der Waals surface area contributed by atoms with E-state index in [4.69, 9.17) is 0 Å². The smallest absolute Gasteiger partial charge is 0.277 e. The van der Waals surface area contributed by atoms with Gasteiger partial charge in [0.2, 0.25) is 0 Å². The zero-order chi connectivity index (χ0) is 13.4. The molecule has 0 aromatic carbocycles. The standard InChI is InChI=1S/C13H12N4OS/c1-8-4-3-5-11-15-10(7-17(8)11)12(18)16-13-14-6-9(2)19-13/h3-7H,1-2H3,(H,14,16,18). The van der Waals surface area contributed by atoms with Crippen LogP contribution in [0.1, 0.15) is 21.1 Å². The maximum Gasteiger partial charge on any atom is 0.277 e. The van der Waals surface area contributed by atoms with E-state index >= 15 is 0 Å². The van der Waals surface area contributed by atoms with E-state index in [1.807, 2.05) is 36.4 Å². The van der Waals surface area contributed by atoms with E-state index in [-0.39, 0.29) is 5.91 Å². The van der Waals surface area contributed by atoms with Crippen LogP contribution in [0.3, 0.4) is 0 Å². The van der Waals surface area contributed by atoms with Crippen LogP contribution in [0.15, 0.2) is 30.6 Å². The highest BCUT2D eigenvalue weighted by molar-refractivity contribution is 7.15. The first-order valence-corrected chi connectivity index (χ1v) is 6.63. The van der Waals surface area contributed by atoms with Gasteiger partial charge in [0, 0.05) is 23.0 Å². The van der Waals surface area contributed by atoms with Gasteiger partial charge in [0.1, 0.15) is 11.3 Å². The molecule has 0 bridgehead atoms. The Hall–Kier alpha value is -2.21. The summed E-state index contributed by atoms with van der Waals surface area (Å²) in [5, 5.41) is 3.35. The van der Waals surface area contributed by atoms with Crippen LogP contribution in [0.25, 0.3) is 5.65 Å². The third-order valence-corrected chi connectivity index (χ3v) is 3.60. The number of anilines is 1. The number of hydrogen-bond acceptors (Lipinski definition) is 4. The number of thiazole rings is 1. The number of hydrogen-bond donors (Lipinski definition) is 1. The highest BCUT2D eigenvalue weighted by atomic mass is 32.1. The van der Waals surface area contributed by atoms with Crippen LogP contribution in [-0.2, 0) is 0 Å². The summed E-state index contributed by atoms with van der Waals surface area (Å²) in [6, 6.07) is 5.77. The molecule has 0 radical (unpaired) electrons. The molecule has 0 aliphatic heterocycles. The number of aryl methyl sites for hydroxylation is 2. The van der Waals surface area contributed by atoms with E-state index in [0.29, 0.717) is 10.8 Å². The Bertz CT molecular complexity index is 759. The van der Waals surface area contributed by atoms with Crippen LogP contribution in [0.2, 0.25) is 0 Å². The van der Waals surface area contributed by atoms with Gasteiger partial charge >= 0.3 is 0 Å². The highest BCUT2D eigenvalue weighted by Crippen LogP contribution is 2.17. The number of imidazole rings is 1. The van der Waals surface area contributed by atoms with Gasteiger partial charge in [0.25, 0.3) is 5.91 Å². The maximum absolute atomic E-state index is 12.1. The summed E-state index contributed by atoms with van der Waals surface area (Å²) in [6.07, 6.45) is 3.47. The lowest BCUT2D eigenvalue weighted by molar-refractivity contribution is 0.102. The van der Waals surface area contributed by atoms with Crippen molar-refractivity contribution < 1.29 is 4.79 Å². The molecule has 0 saturated heterocycles. The van der Waals surface area contributed by atoms with Crippen molar-refractivity contribution in [2.24, 2.45) is 0 Å². The van der Waals surface area contributed by atoms with Crippen LogP contribution in [-0.4, -0.2) is 20.3 Å². The number of nitrogens with one attached hydrogen (secondary N) is 1. The molecule has 3 rings (SSSR count). The van der Waals surface area contributed by atoms with Gasteiger partial charge in [-0.2, -0.15) is 0 Å². The molecule has 1 N–H and O–H groups in total. The Labute approximate surface area is 113 Å². The third kappa shape index (κ3) is 2.22. The van der Waals surface area contributed by atoms with Gasteiger partial charge in [0.15, 0.2) is 5.13 Å². The molecule has 0 unspecified atom stereocenters. The second-order valence-corrected chi connectivity index (χ2v) is 5.49. The molecular weight excluding hydrogens is 260 g/mol. The number of pyridine rings is 1. The lowest BCUT2D eigenvalue weighted by atomic mass is 10.4. The van der Waals surface area contributed by atoms with Gasteiger partial charge < -0.3 is 4.40 Å². The number of carbonyl (C=O) groups is 1. The van der Waals surface area contributed by atoms with Crippen LogP contribution in [0.4, 0.5) is 5.13 Å². The minimum Gasteiger partial charge on any atom is -0.304 e. The molecule has 0 fully saturated rings. The van der Waals surface area contributed by atoms with Crippen molar-refractivity contribution in [3.8, 4) is 0 Å². The van der Waals surface area contributed by atoms with Crippen molar-refractivity contribution in [2.45, 2.75) is 13.8 Å². The highest BCUT2D eigenvalue weighted by Gasteiger charge is 2.13. The van der Waals surface area contributed by atoms with E-state index in [0.717, 1.165) is 16.2 Å². The summed E-state index contributed by atoms with van der Waals surface area (Å²) in [5.74, 6) is -0.238. The fourth-order valence-electron chi connectivity index (χ4n) is 1.83. The monoisotopic (exact) mass is 272 g/mol. The summed E-state index contributed by atoms with van der Waals surface area (Å²) in [4.78, 5) is 21.5. The third-order valence-electron chi connectivity index (χ3n) is 2.77. The van der Waals surface area contributed by atoms with Crippen LogP contribution in [0, 0.1) is 13.8 Å². The quantitative estimate of drug-likeness (QED) is 0.780. The Morgan fingerprint density at radius 1 is 1.37 bits per heavy atom. The van der Waals surface area contributed by atoms with Crippen molar-refractivity contribution >= 4 is 28.0 Å². The molecule has 6 heteroatoms. The molecule has 0 aliphatic carbocycles. The Kier molecular flexibility index (Phi) is 2.79. The maximum atomic E-state index is 12.1. The molecule has 0 aliphatic rings. The first-order chi connectivity index (χ1) is 9.13. The molecule has 0 saturated carbocycles. The van der Waals surface area contributed by atoms with E-state index in [1.54, 1.807) is 12.4 Å². The zero-order valence-electron chi connectivity index (χ0n) is 10.5. The second kappa shape index (κ2) is 4.47. The van der Waals surface area contributed by atoms with Crippen molar-refractivity contribution in [1.82, 2.24) is 14.4 Å². The lowest BCUT2D eigenvalue weighted by Crippen LogP contribution is -2.11. The summed E-state index contributed by atoms with van der Waals surface area (Å²) >= 11 is 1.44. The minimum absolute atomic E-state index is 0.238. The minimum atomic E-state index is -0.238. The van der Waals surface area contributed by atoms with Crippen molar-refractivity contribution in [3.05, 3.63) is 46.9 Å². The molecule has 0 atom stereocenters. The fourth-order valence-corrected chi connectivity index (χ4v) is 2.49. The lowest BCUT2D eigenvalue weighted by Gasteiger charge is -1.96. The number of amides is 1. The van der Waals surface area contributed by atoms with E-state index in [2.05, 4.69) is 15.3 Å². The van der Waals surface area contributed by atoms with Crippen molar-refractivity contribution in [1.29, 1.82) is 0 Å². The number of carbonyl (C=O) groups excluding carboxylic acids is 1. The fraction of sp³-hybridized carbons (Fsp3) is 0.154. The number of aromatic nitrogens is 3. The zero-order valence-corrected chi connectivity index (χ0v) is 11.4. The van der Waals surface area contributed by atoms with Crippen LogP contribution in [0.5, 0.6) is 0 Å². The summed E-state index contributed by atoms with van der Waals surface area (Å²) in [6.45, 7) is 3.92. The Morgan fingerprint density at radius 3 is 2.89 bits per heavy atom. The van der Waals surface area contributed by atoms with Gasteiger partial charge in [-0.25, -0.2) is 9.97 Å². The number of fused-ring (bicyclic) bond motifs is 1. The Morgan fingerprint density at radius 2 is 2.21 bits per heavy atom. The number of rotatable bonds is 2. The molecule has 19 heavy (non-hydrogen) atoms. The molecule has 1 amide bonds. The van der Waals surface area contributed by atoms with Crippen molar-refractivity contribution in [2.75, 3.05) is 5.32 Å². The normalized spacial score (nSPS) is 10.8. The summed E-state index contributed by atoms with van der Waals surface area (Å²) < 4.78 is 1.89. The second-order valence-electron chi connectivity index (χ2n) is 4.25.